The van der Waals surface area contributed by atoms with Crippen LogP contribution >= 0.6 is 0 Å². The van der Waals surface area contributed by atoms with Gasteiger partial charge in [0, 0.05) is 18.8 Å². The van der Waals surface area contributed by atoms with Crippen molar-refractivity contribution in [3.8, 4) is 0 Å². The summed E-state index contributed by atoms with van der Waals surface area (Å²) in [5, 5.41) is -0.146. The van der Waals surface area contributed by atoms with E-state index in [-0.39, 0.29) is 10.9 Å². The van der Waals surface area contributed by atoms with Gasteiger partial charge in [0.15, 0.2) is 17.1 Å². The van der Waals surface area contributed by atoms with E-state index in [1.54, 1.807) is 27.8 Å². The molecular weight excluding hydrogens is 230 g/mol. The molecule has 16 heavy (non-hydrogen) atoms. The van der Waals surface area contributed by atoms with Crippen molar-refractivity contribution in [3.63, 3.8) is 0 Å². The van der Waals surface area contributed by atoms with E-state index in [4.69, 9.17) is 0 Å². The summed E-state index contributed by atoms with van der Waals surface area (Å²) in [5.74, 6) is 0.0780. The van der Waals surface area contributed by atoms with Crippen LogP contribution in [0.15, 0.2) is 11.2 Å². The van der Waals surface area contributed by atoms with Gasteiger partial charge in [-0.3, -0.25) is 4.79 Å². The van der Waals surface area contributed by atoms with Gasteiger partial charge >= 0.3 is 0 Å². The van der Waals surface area contributed by atoms with Crippen LogP contribution in [-0.2, 0) is 17.1 Å². The van der Waals surface area contributed by atoms with E-state index in [2.05, 4.69) is 9.71 Å². The Labute approximate surface area is 94.7 Å². The Kier molecular flexibility index (Phi) is 3.20. The van der Waals surface area contributed by atoms with Crippen molar-refractivity contribution in [2.45, 2.75) is 31.3 Å². The number of nitrogens with one attached hydrogen (secondary N) is 1. The molecule has 0 aliphatic rings. The highest BCUT2D eigenvalue weighted by atomic mass is 32.2. The first-order valence-corrected chi connectivity index (χ1v) is 6.16. The predicted molar refractivity (Wildman–Crippen MR) is 58.7 cm³/mol. The van der Waals surface area contributed by atoms with Crippen molar-refractivity contribution < 1.29 is 13.2 Å². The molecule has 1 N–H and O–H groups in total. The van der Waals surface area contributed by atoms with Gasteiger partial charge in [0.1, 0.15) is 0 Å². The lowest BCUT2D eigenvalue weighted by molar-refractivity contribution is 0.111. The first-order chi connectivity index (χ1) is 7.15. The topological polar surface area (TPSA) is 81.1 Å². The number of hydrogen-bond acceptors (Lipinski definition) is 4. The third-order valence-corrected chi connectivity index (χ3v) is 3.34. The van der Waals surface area contributed by atoms with Gasteiger partial charge in [0.2, 0.25) is 0 Å². The van der Waals surface area contributed by atoms with Crippen LogP contribution < -0.4 is 4.72 Å². The third-order valence-electron chi connectivity index (χ3n) is 1.71. The molecule has 6 nitrogen and oxygen atoms in total. The summed E-state index contributed by atoms with van der Waals surface area (Å²) in [6, 6.07) is 0. The first-order valence-electron chi connectivity index (χ1n) is 4.68. The van der Waals surface area contributed by atoms with Gasteiger partial charge in [-0.2, -0.15) is 0 Å². The van der Waals surface area contributed by atoms with Crippen molar-refractivity contribution in [3.05, 3.63) is 12.0 Å². The van der Waals surface area contributed by atoms with Crippen LogP contribution in [0.25, 0.3) is 0 Å². The number of rotatable bonds is 3. The Morgan fingerprint density at radius 2 is 2.00 bits per heavy atom. The number of aldehydes is 1. The van der Waals surface area contributed by atoms with Crippen molar-refractivity contribution in [1.82, 2.24) is 14.3 Å². The fourth-order valence-corrected chi connectivity index (χ4v) is 2.57. The minimum absolute atomic E-state index is 0.0780. The van der Waals surface area contributed by atoms with Gasteiger partial charge in [-0.15, -0.1) is 0 Å². The first kappa shape index (κ1) is 12.9. The number of hydrogen-bond donors (Lipinski definition) is 1. The van der Waals surface area contributed by atoms with Gasteiger partial charge in [0.05, 0.1) is 0 Å². The van der Waals surface area contributed by atoms with Crippen molar-refractivity contribution in [2.24, 2.45) is 7.05 Å². The fourth-order valence-electron chi connectivity index (χ4n) is 1.15. The summed E-state index contributed by atoms with van der Waals surface area (Å²) in [7, 11) is -2.11. The number of nitrogens with zero attached hydrogens (tertiary/aromatic N) is 2. The maximum absolute atomic E-state index is 11.8. The number of imidazole rings is 1. The molecule has 0 bridgehead atoms. The summed E-state index contributed by atoms with van der Waals surface area (Å²) in [4.78, 5) is 14.3. The quantitative estimate of drug-likeness (QED) is 0.777. The molecule has 0 spiro atoms. The number of aryl methyl sites for hydroxylation is 1. The average molecular weight is 245 g/mol. The normalized spacial score (nSPS) is 12.8. The molecule has 0 saturated heterocycles. The van der Waals surface area contributed by atoms with E-state index in [0.29, 0.717) is 6.29 Å². The number of carbonyl (C=O) groups is 1. The molecule has 0 aliphatic carbocycles. The Morgan fingerprint density at radius 3 is 2.38 bits per heavy atom. The summed E-state index contributed by atoms with van der Waals surface area (Å²) in [6.07, 6.45) is 1.81. The molecule has 0 aliphatic heterocycles. The standard InChI is InChI=1S/C9H15N3O3S/c1-9(2,3)11-16(14,15)8-5-12(4)7(6-13)10-8/h5-6,11H,1-4H3. The van der Waals surface area contributed by atoms with Crippen LogP contribution in [0.5, 0.6) is 0 Å². The van der Waals surface area contributed by atoms with Crippen molar-refractivity contribution in [1.29, 1.82) is 0 Å². The number of sulfonamides is 1. The summed E-state index contributed by atoms with van der Waals surface area (Å²) >= 11 is 0. The zero-order valence-corrected chi connectivity index (χ0v) is 10.5. The maximum atomic E-state index is 11.8. The molecule has 0 unspecified atom stereocenters. The Bertz CT molecular complexity index is 497. The number of aromatic nitrogens is 2. The van der Waals surface area contributed by atoms with Gasteiger partial charge in [0.25, 0.3) is 10.0 Å². The van der Waals surface area contributed by atoms with Crippen molar-refractivity contribution >= 4 is 16.3 Å². The average Bonchev–Trinajstić information content (AvgIpc) is 2.43. The Balaban J connectivity index is 3.13. The minimum Gasteiger partial charge on any atom is -0.330 e. The number of carbonyl (C=O) groups excluding carboxylic acids is 1. The van der Waals surface area contributed by atoms with Crippen LogP contribution in [0.1, 0.15) is 31.4 Å². The molecular formula is C9H15N3O3S. The van der Waals surface area contributed by atoms with Crippen LogP contribution in [-0.4, -0.2) is 29.8 Å². The molecule has 1 aromatic heterocycles. The monoisotopic (exact) mass is 245 g/mol. The molecule has 1 heterocycles. The Hall–Kier alpha value is -1.21. The van der Waals surface area contributed by atoms with Gasteiger partial charge in [-0.1, -0.05) is 0 Å². The Morgan fingerprint density at radius 1 is 1.44 bits per heavy atom. The third kappa shape index (κ3) is 2.89. The van der Waals surface area contributed by atoms with Crippen LogP contribution in [0, 0.1) is 0 Å². The molecule has 0 amide bonds. The van der Waals surface area contributed by atoms with E-state index in [0.717, 1.165) is 0 Å². The van der Waals surface area contributed by atoms with E-state index in [1.807, 2.05) is 0 Å². The highest BCUT2D eigenvalue weighted by molar-refractivity contribution is 7.89. The molecule has 0 saturated carbocycles. The maximum Gasteiger partial charge on any atom is 0.260 e. The second-order valence-electron chi connectivity index (χ2n) is 4.52. The molecule has 7 heteroatoms. The van der Waals surface area contributed by atoms with Crippen LogP contribution in [0.3, 0.4) is 0 Å². The van der Waals surface area contributed by atoms with E-state index < -0.39 is 15.6 Å². The van der Waals surface area contributed by atoms with Gasteiger partial charge in [-0.05, 0) is 20.8 Å². The highest BCUT2D eigenvalue weighted by Crippen LogP contribution is 2.11. The second kappa shape index (κ2) is 3.99. The molecule has 0 radical (unpaired) electrons. The molecule has 1 aromatic rings. The predicted octanol–water partition coefficient (Wildman–Crippen LogP) is 0.309. The zero-order valence-electron chi connectivity index (χ0n) is 9.68. The van der Waals surface area contributed by atoms with E-state index in [1.165, 1.54) is 10.8 Å². The molecule has 0 fully saturated rings. The lowest BCUT2D eigenvalue weighted by Crippen LogP contribution is -2.40. The molecule has 0 atom stereocenters. The summed E-state index contributed by atoms with van der Waals surface area (Å²) in [6.45, 7) is 5.19. The highest BCUT2D eigenvalue weighted by Gasteiger charge is 2.24. The smallest absolute Gasteiger partial charge is 0.260 e. The van der Waals surface area contributed by atoms with Crippen LogP contribution in [0.2, 0.25) is 0 Å². The van der Waals surface area contributed by atoms with E-state index in [9.17, 15) is 13.2 Å². The zero-order chi connectivity index (χ0) is 12.6. The minimum atomic E-state index is -3.67. The molecule has 0 aromatic carbocycles. The van der Waals surface area contributed by atoms with E-state index >= 15 is 0 Å². The molecule has 1 rings (SSSR count). The summed E-state index contributed by atoms with van der Waals surface area (Å²) in [5.41, 5.74) is -0.586. The van der Waals surface area contributed by atoms with Crippen molar-refractivity contribution in [2.75, 3.05) is 0 Å². The van der Waals surface area contributed by atoms with Gasteiger partial charge < -0.3 is 4.57 Å². The molecule has 90 valence electrons. The summed E-state index contributed by atoms with van der Waals surface area (Å²) < 4.78 is 27.5. The fraction of sp³-hybridized carbons (Fsp3) is 0.556. The lowest BCUT2D eigenvalue weighted by Gasteiger charge is -2.19. The lowest BCUT2D eigenvalue weighted by atomic mass is 10.1. The second-order valence-corrected chi connectivity index (χ2v) is 6.15. The SMILES string of the molecule is Cn1cc(S(=O)(=O)NC(C)(C)C)nc1C=O. The van der Waals surface area contributed by atoms with Crippen LogP contribution in [0.4, 0.5) is 0 Å². The van der Waals surface area contributed by atoms with Gasteiger partial charge in [-0.25, -0.2) is 18.1 Å². The largest absolute Gasteiger partial charge is 0.330 e.